The summed E-state index contributed by atoms with van der Waals surface area (Å²) in [7, 11) is 1.77. The second-order valence-electron chi connectivity index (χ2n) is 9.08. The largest absolute Gasteiger partial charge is 0.491 e. The third-order valence-corrected chi connectivity index (χ3v) is 6.75. The van der Waals surface area contributed by atoms with Gasteiger partial charge in [-0.1, -0.05) is 11.6 Å². The maximum Gasteiger partial charge on any atom is 0.183 e. The van der Waals surface area contributed by atoms with Crippen LogP contribution in [0.4, 0.5) is 5.13 Å². The van der Waals surface area contributed by atoms with E-state index in [0.29, 0.717) is 35.0 Å². The second-order valence-corrected chi connectivity index (χ2v) is 10.3. The Morgan fingerprint density at radius 1 is 1.18 bits per heavy atom. The van der Waals surface area contributed by atoms with Crippen molar-refractivity contribution in [3.63, 3.8) is 0 Å². The van der Waals surface area contributed by atoms with Crippen LogP contribution in [-0.4, -0.2) is 66.5 Å². The topological polar surface area (TPSA) is 68.7 Å². The number of ether oxygens (including phenoxy) is 3. The first-order chi connectivity index (χ1) is 16.3. The van der Waals surface area contributed by atoms with Crippen LogP contribution in [0.3, 0.4) is 0 Å². The Bertz CT molecular complexity index is 1120. The summed E-state index contributed by atoms with van der Waals surface area (Å²) in [5.41, 5.74) is 2.16. The average molecular weight is 505 g/mol. The van der Waals surface area contributed by atoms with Gasteiger partial charge in [-0.25, -0.2) is 9.97 Å². The number of halogens is 1. The number of nitrogens with zero attached hydrogens (tertiary/aromatic N) is 3. The summed E-state index contributed by atoms with van der Waals surface area (Å²) in [6.07, 6.45) is 1.38. The van der Waals surface area contributed by atoms with Crippen molar-refractivity contribution in [3.8, 4) is 22.9 Å². The summed E-state index contributed by atoms with van der Waals surface area (Å²) >= 11 is 8.37. The summed E-state index contributed by atoms with van der Waals surface area (Å²) in [6, 6.07) is 6.11. The fourth-order valence-corrected chi connectivity index (χ4v) is 5.10. The number of fused-ring (bicyclic) bond motifs is 1. The van der Waals surface area contributed by atoms with Crippen molar-refractivity contribution in [2.45, 2.75) is 52.4 Å². The molecule has 1 aliphatic rings. The predicted molar refractivity (Wildman–Crippen MR) is 140 cm³/mol. The smallest absolute Gasteiger partial charge is 0.183 e. The number of methoxy groups -OCH3 is 1. The van der Waals surface area contributed by atoms with Gasteiger partial charge in [0.25, 0.3) is 0 Å². The molecule has 1 N–H and O–H groups in total. The molecule has 2 aromatic heterocycles. The first kappa shape index (κ1) is 25.0. The number of pyridine rings is 1. The lowest BCUT2D eigenvalue weighted by Crippen LogP contribution is -2.27. The molecular formula is C25H33ClN4O3S. The third-order valence-electron chi connectivity index (χ3n) is 5.62. The van der Waals surface area contributed by atoms with Crippen molar-refractivity contribution in [1.29, 1.82) is 0 Å². The van der Waals surface area contributed by atoms with Gasteiger partial charge in [0.15, 0.2) is 5.13 Å². The highest BCUT2D eigenvalue weighted by Crippen LogP contribution is 2.39. The number of hydrogen-bond acceptors (Lipinski definition) is 8. The molecule has 0 bridgehead atoms. The zero-order chi connectivity index (χ0) is 24.2. The number of benzene rings is 1. The van der Waals surface area contributed by atoms with Crippen molar-refractivity contribution in [2.75, 3.05) is 38.7 Å². The van der Waals surface area contributed by atoms with Crippen LogP contribution in [0.5, 0.6) is 11.5 Å². The van der Waals surface area contributed by atoms with Gasteiger partial charge in [0, 0.05) is 49.6 Å². The summed E-state index contributed by atoms with van der Waals surface area (Å²) in [5, 5.41) is 7.54. The highest BCUT2D eigenvalue weighted by atomic mass is 35.5. The molecule has 7 nitrogen and oxygen atoms in total. The zero-order valence-corrected chi connectivity index (χ0v) is 22.0. The van der Waals surface area contributed by atoms with Crippen LogP contribution in [0, 0.1) is 0 Å². The molecule has 1 atom stereocenters. The minimum absolute atomic E-state index is 0.0122. The third kappa shape index (κ3) is 5.92. The van der Waals surface area contributed by atoms with Gasteiger partial charge < -0.3 is 19.5 Å². The van der Waals surface area contributed by atoms with E-state index >= 15 is 0 Å². The highest BCUT2D eigenvalue weighted by molar-refractivity contribution is 7.14. The molecule has 0 spiro atoms. The minimum atomic E-state index is 0.0122. The number of thiazole rings is 1. The fourth-order valence-electron chi connectivity index (χ4n) is 3.98. The van der Waals surface area contributed by atoms with Gasteiger partial charge in [0.05, 0.1) is 23.4 Å². The first-order valence-electron chi connectivity index (χ1n) is 11.7. The van der Waals surface area contributed by atoms with Crippen molar-refractivity contribution >= 4 is 39.0 Å². The van der Waals surface area contributed by atoms with E-state index in [4.69, 9.17) is 35.8 Å². The summed E-state index contributed by atoms with van der Waals surface area (Å²) < 4.78 is 17.6. The van der Waals surface area contributed by atoms with E-state index in [9.17, 15) is 0 Å². The standard InChI is InChI=1S/C25H33ClN4O3S/c1-15(2)27-25-29-20(14-34-25)19-12-22(33-16(3)4)18-6-7-21(23(26)24(18)28-19)32-11-10-30-9-8-17(13-30)31-5/h6-7,12,14-17H,8-11,13H2,1-5H3,(H,27,29)/t17-/m1/s1. The lowest BCUT2D eigenvalue weighted by molar-refractivity contribution is 0.106. The van der Waals surface area contributed by atoms with Gasteiger partial charge in [-0.2, -0.15) is 0 Å². The van der Waals surface area contributed by atoms with E-state index in [0.717, 1.165) is 53.7 Å². The molecule has 3 heterocycles. The van der Waals surface area contributed by atoms with Crippen molar-refractivity contribution < 1.29 is 14.2 Å². The van der Waals surface area contributed by atoms with Crippen LogP contribution in [0.2, 0.25) is 5.02 Å². The summed E-state index contributed by atoms with van der Waals surface area (Å²) in [6.45, 7) is 11.5. The molecule has 34 heavy (non-hydrogen) atoms. The molecule has 0 amide bonds. The number of rotatable bonds is 10. The van der Waals surface area contributed by atoms with Crippen LogP contribution in [0.25, 0.3) is 22.3 Å². The average Bonchev–Trinajstić information content (AvgIpc) is 3.44. The predicted octanol–water partition coefficient (Wildman–Crippen LogP) is 5.72. The number of likely N-dealkylation sites (tertiary alicyclic amines) is 1. The van der Waals surface area contributed by atoms with E-state index in [1.807, 2.05) is 37.4 Å². The molecule has 1 aromatic carbocycles. The van der Waals surface area contributed by atoms with Gasteiger partial charge in [0.1, 0.15) is 28.8 Å². The molecular weight excluding hydrogens is 472 g/mol. The van der Waals surface area contributed by atoms with Gasteiger partial charge >= 0.3 is 0 Å². The highest BCUT2D eigenvalue weighted by Gasteiger charge is 2.22. The number of nitrogens with one attached hydrogen (secondary N) is 1. The van der Waals surface area contributed by atoms with Crippen LogP contribution >= 0.6 is 22.9 Å². The molecule has 1 fully saturated rings. The first-order valence-corrected chi connectivity index (χ1v) is 13.0. The Balaban J connectivity index is 1.60. The Kier molecular flexibility index (Phi) is 8.14. The minimum Gasteiger partial charge on any atom is -0.491 e. The van der Waals surface area contributed by atoms with Crippen LogP contribution < -0.4 is 14.8 Å². The molecule has 0 radical (unpaired) electrons. The van der Waals surface area contributed by atoms with E-state index in [1.54, 1.807) is 18.4 Å². The monoisotopic (exact) mass is 504 g/mol. The molecule has 9 heteroatoms. The van der Waals surface area contributed by atoms with Crippen LogP contribution in [0.1, 0.15) is 34.1 Å². The molecule has 4 rings (SSSR count). The zero-order valence-electron chi connectivity index (χ0n) is 20.4. The molecule has 0 unspecified atom stereocenters. The number of aromatic nitrogens is 2. The Labute approximate surface area is 210 Å². The number of anilines is 1. The Hall–Kier alpha value is -2.13. The maximum atomic E-state index is 6.82. The van der Waals surface area contributed by atoms with Crippen LogP contribution in [-0.2, 0) is 4.74 Å². The Morgan fingerprint density at radius 3 is 2.71 bits per heavy atom. The SMILES string of the molecule is CO[C@@H]1CCN(CCOc2ccc3c(OC(C)C)cc(-c4csc(NC(C)C)n4)nc3c2Cl)C1. The van der Waals surface area contributed by atoms with Crippen molar-refractivity contribution in [3.05, 3.63) is 28.6 Å². The van der Waals surface area contributed by atoms with Crippen LogP contribution in [0.15, 0.2) is 23.6 Å². The maximum absolute atomic E-state index is 6.82. The fraction of sp³-hybridized carbons (Fsp3) is 0.520. The molecule has 1 aliphatic heterocycles. The molecule has 0 saturated carbocycles. The van der Waals surface area contributed by atoms with Gasteiger partial charge in [-0.15, -0.1) is 11.3 Å². The lowest BCUT2D eigenvalue weighted by Gasteiger charge is -2.18. The van der Waals surface area contributed by atoms with E-state index in [-0.39, 0.29) is 6.10 Å². The van der Waals surface area contributed by atoms with E-state index in [1.165, 1.54) is 0 Å². The van der Waals surface area contributed by atoms with E-state index in [2.05, 4.69) is 24.1 Å². The normalized spacial score (nSPS) is 16.6. The van der Waals surface area contributed by atoms with Crippen molar-refractivity contribution in [1.82, 2.24) is 14.9 Å². The molecule has 1 saturated heterocycles. The molecule has 0 aliphatic carbocycles. The molecule has 3 aromatic rings. The summed E-state index contributed by atoms with van der Waals surface area (Å²) in [4.78, 5) is 11.9. The van der Waals surface area contributed by atoms with Gasteiger partial charge in [-0.05, 0) is 46.2 Å². The van der Waals surface area contributed by atoms with E-state index < -0.39 is 0 Å². The van der Waals surface area contributed by atoms with Gasteiger partial charge in [0.2, 0.25) is 0 Å². The Morgan fingerprint density at radius 2 is 2.00 bits per heavy atom. The van der Waals surface area contributed by atoms with Gasteiger partial charge in [-0.3, -0.25) is 4.90 Å². The molecule has 184 valence electrons. The second kappa shape index (κ2) is 11.1. The van der Waals surface area contributed by atoms with Crippen molar-refractivity contribution in [2.24, 2.45) is 0 Å². The summed E-state index contributed by atoms with van der Waals surface area (Å²) in [5.74, 6) is 1.36. The number of hydrogen-bond donors (Lipinski definition) is 1. The quantitative estimate of drug-likeness (QED) is 0.378. The lowest BCUT2D eigenvalue weighted by atomic mass is 10.1.